The Hall–Kier alpha value is -0.810. The molecule has 0 heterocycles. The molecule has 142 valence electrons. The van der Waals surface area contributed by atoms with E-state index in [1.807, 2.05) is 7.05 Å². The molecule has 1 unspecified atom stereocenters. The van der Waals surface area contributed by atoms with E-state index in [-0.39, 0.29) is 0 Å². The maximum absolute atomic E-state index is 4.37. The van der Waals surface area contributed by atoms with Gasteiger partial charge in [-0.25, -0.2) is 0 Å². The van der Waals surface area contributed by atoms with Crippen LogP contribution in [0.1, 0.15) is 60.3 Å². The molecule has 1 atom stereocenters. The summed E-state index contributed by atoms with van der Waals surface area (Å²) < 4.78 is 0. The fraction of sp³-hybridized carbons (Fsp3) is 0.947. The molecule has 0 amide bonds. The van der Waals surface area contributed by atoms with E-state index in [0.29, 0.717) is 12.1 Å². The second kappa shape index (κ2) is 11.7. The number of guanidine groups is 1. The summed E-state index contributed by atoms with van der Waals surface area (Å²) in [7, 11) is 1.86. The van der Waals surface area contributed by atoms with Crippen LogP contribution in [0, 0.1) is 0 Å². The first-order chi connectivity index (χ1) is 11.5. The maximum Gasteiger partial charge on any atom is 0.191 e. The van der Waals surface area contributed by atoms with Crippen LogP contribution in [0.2, 0.25) is 0 Å². The Morgan fingerprint density at radius 3 is 2.29 bits per heavy atom. The minimum atomic E-state index is 0.455. The predicted molar refractivity (Wildman–Crippen MR) is 106 cm³/mol. The molecule has 5 heteroatoms. The third-order valence-corrected chi connectivity index (χ3v) is 4.95. The maximum atomic E-state index is 4.37. The van der Waals surface area contributed by atoms with E-state index in [0.717, 1.165) is 38.2 Å². The van der Waals surface area contributed by atoms with E-state index in [1.54, 1.807) is 0 Å². The summed E-state index contributed by atoms with van der Waals surface area (Å²) in [6, 6.07) is 1.91. The number of hydrogen-bond donors (Lipinski definition) is 2. The molecular formula is C19H41N5. The van der Waals surface area contributed by atoms with Gasteiger partial charge in [0.2, 0.25) is 0 Å². The lowest BCUT2D eigenvalue weighted by Gasteiger charge is -2.27. The van der Waals surface area contributed by atoms with E-state index in [4.69, 9.17) is 0 Å². The van der Waals surface area contributed by atoms with Crippen molar-refractivity contribution >= 4 is 5.96 Å². The van der Waals surface area contributed by atoms with Gasteiger partial charge in [-0.1, -0.05) is 13.8 Å². The number of nitrogens with zero attached hydrogens (tertiary/aromatic N) is 3. The van der Waals surface area contributed by atoms with Crippen LogP contribution >= 0.6 is 0 Å². The van der Waals surface area contributed by atoms with Crippen LogP contribution in [-0.4, -0.2) is 73.7 Å². The monoisotopic (exact) mass is 339 g/mol. The van der Waals surface area contributed by atoms with Gasteiger partial charge in [-0.2, -0.15) is 0 Å². The fourth-order valence-electron chi connectivity index (χ4n) is 3.23. The van der Waals surface area contributed by atoms with Crippen LogP contribution < -0.4 is 10.6 Å². The number of nitrogens with one attached hydrogen (secondary N) is 2. The van der Waals surface area contributed by atoms with Crippen LogP contribution in [0.25, 0.3) is 0 Å². The molecule has 0 spiro atoms. The Kier molecular flexibility index (Phi) is 10.3. The summed E-state index contributed by atoms with van der Waals surface area (Å²) in [5.41, 5.74) is 0. The molecule has 5 nitrogen and oxygen atoms in total. The van der Waals surface area contributed by atoms with Gasteiger partial charge < -0.3 is 15.5 Å². The van der Waals surface area contributed by atoms with Gasteiger partial charge in [0.25, 0.3) is 0 Å². The fourth-order valence-corrected chi connectivity index (χ4v) is 3.23. The highest BCUT2D eigenvalue weighted by atomic mass is 15.2. The van der Waals surface area contributed by atoms with Crippen molar-refractivity contribution in [2.45, 2.75) is 78.4 Å². The van der Waals surface area contributed by atoms with Crippen LogP contribution in [0.4, 0.5) is 0 Å². The Morgan fingerprint density at radius 2 is 1.79 bits per heavy atom. The Labute approximate surface area is 150 Å². The number of aliphatic imine (C=N–C) groups is 1. The summed E-state index contributed by atoms with van der Waals surface area (Å²) in [4.78, 5) is 9.46. The predicted octanol–water partition coefficient (Wildman–Crippen LogP) is 2.53. The van der Waals surface area contributed by atoms with E-state index < -0.39 is 0 Å². The van der Waals surface area contributed by atoms with E-state index >= 15 is 0 Å². The quantitative estimate of drug-likeness (QED) is 0.424. The minimum absolute atomic E-state index is 0.455. The van der Waals surface area contributed by atoms with Crippen LogP contribution in [0.3, 0.4) is 0 Å². The molecule has 1 aliphatic carbocycles. The number of rotatable bonds is 12. The molecule has 1 fully saturated rings. The van der Waals surface area contributed by atoms with Crippen molar-refractivity contribution in [3.63, 3.8) is 0 Å². The summed E-state index contributed by atoms with van der Waals surface area (Å²) in [5, 5.41) is 7.00. The van der Waals surface area contributed by atoms with Gasteiger partial charge in [0.15, 0.2) is 5.96 Å². The molecule has 1 saturated carbocycles. The van der Waals surface area contributed by atoms with Gasteiger partial charge in [-0.3, -0.25) is 9.89 Å². The van der Waals surface area contributed by atoms with Crippen molar-refractivity contribution in [1.29, 1.82) is 0 Å². The highest BCUT2D eigenvalue weighted by molar-refractivity contribution is 5.79. The van der Waals surface area contributed by atoms with E-state index in [1.165, 1.54) is 32.2 Å². The zero-order chi connectivity index (χ0) is 17.9. The Bertz CT molecular complexity index is 346. The van der Waals surface area contributed by atoms with E-state index in [2.05, 4.69) is 60.0 Å². The SMILES string of the molecule is CCN(CC)CCCC(C)NC(=NC)NCCN(C(C)C)C1CC1. The third-order valence-electron chi connectivity index (χ3n) is 4.95. The summed E-state index contributed by atoms with van der Waals surface area (Å²) >= 11 is 0. The smallest absolute Gasteiger partial charge is 0.191 e. The third kappa shape index (κ3) is 8.34. The Balaban J connectivity index is 2.21. The molecule has 1 aliphatic rings. The number of hydrogen-bond acceptors (Lipinski definition) is 3. The largest absolute Gasteiger partial charge is 0.355 e. The van der Waals surface area contributed by atoms with Crippen LogP contribution in [0.5, 0.6) is 0 Å². The van der Waals surface area contributed by atoms with Gasteiger partial charge in [-0.05, 0) is 66.1 Å². The molecule has 24 heavy (non-hydrogen) atoms. The second-order valence-corrected chi connectivity index (χ2v) is 7.28. The van der Waals surface area contributed by atoms with Gasteiger partial charge in [0.05, 0.1) is 0 Å². The van der Waals surface area contributed by atoms with Crippen molar-refractivity contribution in [2.24, 2.45) is 4.99 Å². The van der Waals surface area contributed by atoms with Crippen molar-refractivity contribution < 1.29 is 0 Å². The van der Waals surface area contributed by atoms with Crippen LogP contribution in [-0.2, 0) is 0 Å². The molecule has 2 N–H and O–H groups in total. The van der Waals surface area contributed by atoms with Crippen molar-refractivity contribution in [1.82, 2.24) is 20.4 Å². The second-order valence-electron chi connectivity index (χ2n) is 7.28. The molecule has 0 bridgehead atoms. The lowest BCUT2D eigenvalue weighted by atomic mass is 10.2. The first-order valence-corrected chi connectivity index (χ1v) is 9.97. The summed E-state index contributed by atoms with van der Waals surface area (Å²) in [6.07, 6.45) is 5.15. The first kappa shape index (κ1) is 21.2. The molecule has 0 aliphatic heterocycles. The Morgan fingerprint density at radius 1 is 1.12 bits per heavy atom. The molecule has 0 aromatic heterocycles. The standard InChI is InChI=1S/C19H41N5/c1-7-23(8-2)14-9-10-17(5)22-19(20-6)21-13-15-24(16(3)4)18-11-12-18/h16-18H,7-15H2,1-6H3,(H2,20,21,22). The van der Waals surface area contributed by atoms with Gasteiger partial charge in [0.1, 0.15) is 0 Å². The molecule has 0 radical (unpaired) electrons. The van der Waals surface area contributed by atoms with Gasteiger partial charge in [-0.15, -0.1) is 0 Å². The highest BCUT2D eigenvalue weighted by Gasteiger charge is 2.30. The zero-order valence-corrected chi connectivity index (χ0v) is 16.9. The summed E-state index contributed by atoms with van der Waals surface area (Å²) in [5.74, 6) is 0.935. The molecule has 1 rings (SSSR count). The first-order valence-electron chi connectivity index (χ1n) is 9.97. The molecule has 0 saturated heterocycles. The van der Waals surface area contributed by atoms with E-state index in [9.17, 15) is 0 Å². The van der Waals surface area contributed by atoms with Crippen molar-refractivity contribution in [3.8, 4) is 0 Å². The zero-order valence-electron chi connectivity index (χ0n) is 16.9. The molecular weight excluding hydrogens is 298 g/mol. The lowest BCUT2D eigenvalue weighted by Crippen LogP contribution is -2.46. The normalized spacial score (nSPS) is 17.0. The minimum Gasteiger partial charge on any atom is -0.355 e. The van der Waals surface area contributed by atoms with Gasteiger partial charge >= 0.3 is 0 Å². The van der Waals surface area contributed by atoms with Gasteiger partial charge in [0, 0.05) is 38.3 Å². The van der Waals surface area contributed by atoms with Crippen molar-refractivity contribution in [3.05, 3.63) is 0 Å². The summed E-state index contributed by atoms with van der Waals surface area (Å²) in [6.45, 7) is 16.9. The van der Waals surface area contributed by atoms with Crippen molar-refractivity contribution in [2.75, 3.05) is 39.8 Å². The molecule has 0 aromatic rings. The highest BCUT2D eigenvalue weighted by Crippen LogP contribution is 2.27. The lowest BCUT2D eigenvalue weighted by molar-refractivity contribution is 0.215. The topological polar surface area (TPSA) is 42.9 Å². The van der Waals surface area contributed by atoms with Crippen LogP contribution in [0.15, 0.2) is 4.99 Å². The average molecular weight is 340 g/mol. The average Bonchev–Trinajstić information content (AvgIpc) is 3.38. The molecule has 0 aromatic carbocycles.